The predicted molar refractivity (Wildman–Crippen MR) is 215 cm³/mol. The maximum absolute atomic E-state index is 11.7. The van der Waals surface area contributed by atoms with Crippen molar-refractivity contribution in [1.29, 1.82) is 0 Å². The highest BCUT2D eigenvalue weighted by atomic mass is 32.3. The van der Waals surface area contributed by atoms with Crippen molar-refractivity contribution in [2.75, 3.05) is 42.4 Å². The molecule has 1 saturated carbocycles. The fourth-order valence-electron chi connectivity index (χ4n) is 6.16. The van der Waals surface area contributed by atoms with Gasteiger partial charge in [-0.3, -0.25) is 28.0 Å². The number of imidazole rings is 1. The molecule has 60 heavy (non-hydrogen) atoms. The zero-order chi connectivity index (χ0) is 43.7. The number of ether oxygens (including phenoxy) is 2. The third-order valence-electron chi connectivity index (χ3n) is 9.18. The first kappa shape index (κ1) is 45.7. The van der Waals surface area contributed by atoms with Crippen LogP contribution >= 0.6 is 11.8 Å². The Balaban J connectivity index is 0.000000163. The van der Waals surface area contributed by atoms with Crippen LogP contribution in [-0.2, 0) is 19.9 Å². The molecule has 8 rings (SSSR count). The molecule has 7 atom stereocenters. The number of rotatable bonds is 9. The molecule has 6 heterocycles. The van der Waals surface area contributed by atoms with E-state index in [1.165, 1.54) is 27.1 Å². The third-order valence-corrected chi connectivity index (χ3v) is 10.3. The average Bonchev–Trinajstić information content (AvgIpc) is 3.59. The molecule has 4 aliphatic rings. The van der Waals surface area contributed by atoms with Crippen LogP contribution in [0.15, 0.2) is 56.4 Å². The lowest BCUT2D eigenvalue weighted by Gasteiger charge is -2.14. The Bertz CT molecular complexity index is 2480. The second-order valence-corrected chi connectivity index (χ2v) is 15.7. The van der Waals surface area contributed by atoms with Crippen molar-refractivity contribution in [1.82, 2.24) is 38.6 Å². The maximum atomic E-state index is 11.7. The molecule has 0 radical (unpaired) electrons. The second kappa shape index (κ2) is 20.2. The van der Waals surface area contributed by atoms with E-state index in [0.29, 0.717) is 17.4 Å². The number of H-pyrrole nitrogens is 1. The standard InChI is InChI=1S/C14H18N6O.C10H13N5O4.C8H11N3O3S.H2O4S/c15-14-18-12(17-9-2-3-9)11-13(19-14)20(7-16-11)10-4-1-8(5-10)6-21;1-5-3-15(10(18)12-9(5)17)8-2-6(13-14-11)7(4-16)19-8;9-5-1-2-11(8(13)10-5)6-4-15-7(3-12)14-6;1-5(2,3)4/h1,4,7-10,21H,2-3,5-6H2,(H3,15,17,18,19);3,6-8,16H,2,4H2,1H3,(H,12,17,18);1-2,6-7,12H,3-4H2,(H2,9,10,13);(H2,1,2,3,4)/t8-,10+;6-,7+,8+;6-,7+;/m100./s1. The van der Waals surface area contributed by atoms with E-state index in [1.807, 2.05) is 10.6 Å². The number of nitrogen functional groups attached to an aromatic ring is 2. The van der Waals surface area contributed by atoms with Gasteiger partial charge in [-0.1, -0.05) is 17.3 Å². The molecule has 28 heteroatoms. The summed E-state index contributed by atoms with van der Waals surface area (Å²) in [5, 5.41) is 34.2. The number of aryl methyl sites for hydroxylation is 1. The Morgan fingerprint density at radius 3 is 2.35 bits per heavy atom. The molecule has 0 amide bonds. The van der Waals surface area contributed by atoms with E-state index in [4.69, 9.17) is 54.2 Å². The Hall–Kier alpha value is -5.42. The topological polar surface area (TPSA) is 400 Å². The van der Waals surface area contributed by atoms with Crippen molar-refractivity contribution < 1.29 is 42.3 Å². The van der Waals surface area contributed by atoms with Crippen LogP contribution < -0.4 is 33.7 Å². The number of nitrogens with two attached hydrogens (primary N) is 2. The number of allylic oxidation sites excluding steroid dienone is 1. The number of hydrogen-bond donors (Lipinski definition) is 9. The molecule has 3 fully saturated rings. The van der Waals surface area contributed by atoms with Crippen molar-refractivity contribution in [2.45, 2.75) is 74.7 Å². The van der Waals surface area contributed by atoms with Crippen molar-refractivity contribution in [3.05, 3.63) is 84.3 Å². The lowest BCUT2D eigenvalue weighted by Crippen LogP contribution is -2.33. The van der Waals surface area contributed by atoms with Crippen molar-refractivity contribution in [2.24, 2.45) is 11.0 Å². The number of thioether (sulfide) groups is 1. The van der Waals surface area contributed by atoms with E-state index in [1.54, 1.807) is 25.5 Å². The number of nitrogens with one attached hydrogen (secondary N) is 2. The van der Waals surface area contributed by atoms with Gasteiger partial charge in [-0.2, -0.15) is 23.4 Å². The number of nitrogens with zero attached hydrogens (tertiary/aromatic N) is 10. The molecule has 4 aromatic rings. The molecule has 2 saturated heterocycles. The molecule has 0 aromatic carbocycles. The Morgan fingerprint density at radius 2 is 1.75 bits per heavy atom. The van der Waals surface area contributed by atoms with Gasteiger partial charge >= 0.3 is 21.8 Å². The van der Waals surface area contributed by atoms with Crippen LogP contribution in [0.4, 0.5) is 17.6 Å². The van der Waals surface area contributed by atoms with Gasteiger partial charge in [-0.15, -0.1) is 11.8 Å². The van der Waals surface area contributed by atoms with E-state index in [0.717, 1.165) is 36.2 Å². The number of anilines is 3. The molecular formula is C32H44N14O12S2. The molecule has 0 bridgehead atoms. The highest BCUT2D eigenvalue weighted by molar-refractivity contribution is 8.00. The molecule has 26 nitrogen and oxygen atoms in total. The largest absolute Gasteiger partial charge is 0.396 e. The number of fused-ring (bicyclic) bond motifs is 1. The normalized spacial score (nSPS) is 24.3. The van der Waals surface area contributed by atoms with E-state index in [-0.39, 0.29) is 61.6 Å². The Morgan fingerprint density at radius 1 is 1.02 bits per heavy atom. The monoisotopic (exact) mass is 880 g/mol. The molecule has 2 aliphatic heterocycles. The average molecular weight is 881 g/mol. The van der Waals surface area contributed by atoms with Gasteiger partial charge in [0, 0.05) is 53.6 Å². The van der Waals surface area contributed by atoms with Crippen LogP contribution in [0, 0.1) is 12.8 Å². The lowest BCUT2D eigenvalue weighted by atomic mass is 10.1. The number of hydrogen-bond acceptors (Lipinski definition) is 19. The highest BCUT2D eigenvalue weighted by Gasteiger charge is 2.36. The molecule has 11 N–H and O–H groups in total. The molecular weight excluding hydrogens is 837 g/mol. The summed E-state index contributed by atoms with van der Waals surface area (Å²) in [7, 11) is -4.67. The molecule has 0 spiro atoms. The number of aliphatic hydroxyl groups excluding tert-OH is 3. The number of azide groups is 1. The Labute approximate surface area is 343 Å². The van der Waals surface area contributed by atoms with Crippen LogP contribution in [0.5, 0.6) is 0 Å². The molecule has 2 aliphatic carbocycles. The lowest BCUT2D eigenvalue weighted by molar-refractivity contribution is -0.0271. The van der Waals surface area contributed by atoms with Crippen molar-refractivity contribution in [3.63, 3.8) is 0 Å². The number of aromatic amines is 1. The van der Waals surface area contributed by atoms with Crippen LogP contribution in [-0.4, -0.2) is 121 Å². The van der Waals surface area contributed by atoms with E-state index < -0.39 is 45.7 Å². The summed E-state index contributed by atoms with van der Waals surface area (Å²) in [6.07, 6.45) is 10.6. The van der Waals surface area contributed by atoms with Crippen molar-refractivity contribution in [3.8, 4) is 0 Å². The first-order valence-corrected chi connectivity index (χ1v) is 20.6. The van der Waals surface area contributed by atoms with Gasteiger partial charge in [0.2, 0.25) is 5.95 Å². The van der Waals surface area contributed by atoms with Gasteiger partial charge in [0.1, 0.15) is 23.7 Å². The molecule has 326 valence electrons. The quantitative estimate of drug-likeness (QED) is 0.0341. The summed E-state index contributed by atoms with van der Waals surface area (Å²) in [5.74, 6) is 2.00. The Kier molecular flexibility index (Phi) is 15.4. The zero-order valence-electron chi connectivity index (χ0n) is 31.8. The van der Waals surface area contributed by atoms with E-state index in [2.05, 4.69) is 46.3 Å². The molecule has 0 unspecified atom stereocenters. The summed E-state index contributed by atoms with van der Waals surface area (Å²) in [5.41, 5.74) is 19.8. The summed E-state index contributed by atoms with van der Waals surface area (Å²) in [4.78, 5) is 56.0. The minimum atomic E-state index is -4.67. The van der Waals surface area contributed by atoms with E-state index in [9.17, 15) is 19.5 Å². The van der Waals surface area contributed by atoms with Crippen LogP contribution in [0.25, 0.3) is 21.6 Å². The SMILES string of the molecule is Cc1cn([C@H]2C[C@H](N=[N+]=[N-])[C@@H](CO)O2)c(=O)[nH]c1=O.Nc1ccn([C@@H]2CS[C@H](CO)O2)c(=O)n1.Nc1nc(NC2CC2)c2ncn([C@H]3C=C[C@@H](CO)C3)c2n1.O=S(=O)(O)O. The number of aliphatic hydroxyl groups is 3. The number of aromatic nitrogens is 8. The van der Waals surface area contributed by atoms with E-state index >= 15 is 0 Å². The first-order valence-electron chi connectivity index (χ1n) is 18.1. The van der Waals surface area contributed by atoms with Crippen LogP contribution in [0.2, 0.25) is 0 Å². The zero-order valence-corrected chi connectivity index (χ0v) is 33.4. The van der Waals surface area contributed by atoms with Crippen LogP contribution in [0.3, 0.4) is 0 Å². The molecule has 4 aromatic heterocycles. The van der Waals surface area contributed by atoms with Crippen molar-refractivity contribution >= 4 is 50.9 Å². The summed E-state index contributed by atoms with van der Waals surface area (Å²) >= 11 is 1.47. The van der Waals surface area contributed by atoms with Gasteiger partial charge in [0.05, 0.1) is 37.7 Å². The van der Waals surface area contributed by atoms with Gasteiger partial charge in [0.25, 0.3) is 5.56 Å². The fraction of sp³-hybridized carbons (Fsp3) is 0.531. The summed E-state index contributed by atoms with van der Waals surface area (Å²) < 4.78 is 47.1. The smallest absolute Gasteiger partial charge is 0.394 e. The minimum Gasteiger partial charge on any atom is -0.396 e. The fourth-order valence-corrected chi connectivity index (χ4v) is 7.09. The summed E-state index contributed by atoms with van der Waals surface area (Å²) in [6, 6.07) is 1.65. The maximum Gasteiger partial charge on any atom is 0.394 e. The highest BCUT2D eigenvalue weighted by Crippen LogP contribution is 2.33. The minimum absolute atomic E-state index is 0.0572. The van der Waals surface area contributed by atoms with Gasteiger partial charge < -0.3 is 46.1 Å². The third kappa shape index (κ3) is 12.3. The van der Waals surface area contributed by atoms with Gasteiger partial charge in [-0.25, -0.2) is 14.6 Å². The summed E-state index contributed by atoms with van der Waals surface area (Å²) in [6.45, 7) is 1.37. The van der Waals surface area contributed by atoms with Crippen LogP contribution in [0.1, 0.15) is 49.7 Å². The first-order chi connectivity index (χ1) is 28.5. The van der Waals surface area contributed by atoms with Gasteiger partial charge in [-0.05, 0) is 37.8 Å². The predicted octanol–water partition coefficient (Wildman–Crippen LogP) is -0.351. The second-order valence-electron chi connectivity index (χ2n) is 13.6. The van der Waals surface area contributed by atoms with Gasteiger partial charge in [0.15, 0.2) is 17.0 Å².